The van der Waals surface area contributed by atoms with Gasteiger partial charge in [0.1, 0.15) is 5.15 Å². The molecule has 120 valence electrons. The summed E-state index contributed by atoms with van der Waals surface area (Å²) in [6.07, 6.45) is 1.59. The van der Waals surface area contributed by atoms with Crippen LogP contribution in [0.15, 0.2) is 53.6 Å². The number of fused-ring (bicyclic) bond motifs is 1. The van der Waals surface area contributed by atoms with Gasteiger partial charge in [-0.25, -0.2) is 9.78 Å². The van der Waals surface area contributed by atoms with Crippen LogP contribution in [-0.4, -0.2) is 22.3 Å². The van der Waals surface area contributed by atoms with Crippen LogP contribution >= 0.6 is 11.6 Å². The Bertz CT molecular complexity index is 937. The summed E-state index contributed by atoms with van der Waals surface area (Å²) in [6.45, 7) is 1.99. The van der Waals surface area contributed by atoms with Crippen molar-refractivity contribution in [3.8, 4) is 0 Å². The molecule has 0 atom stereocenters. The van der Waals surface area contributed by atoms with Crippen LogP contribution in [0.3, 0.4) is 0 Å². The third kappa shape index (κ3) is 3.36. The third-order valence-electron chi connectivity index (χ3n) is 3.56. The van der Waals surface area contributed by atoms with Gasteiger partial charge in [0.15, 0.2) is 0 Å². The van der Waals surface area contributed by atoms with Gasteiger partial charge in [-0.05, 0) is 42.8 Å². The number of hydrogen-bond acceptors (Lipinski definition) is 4. The number of nitrogens with zero attached hydrogens (tertiary/aromatic N) is 2. The number of benzene rings is 2. The van der Waals surface area contributed by atoms with Crippen molar-refractivity contribution >= 4 is 40.4 Å². The van der Waals surface area contributed by atoms with E-state index in [-0.39, 0.29) is 5.56 Å². The van der Waals surface area contributed by atoms with Crippen LogP contribution in [0.2, 0.25) is 5.15 Å². The monoisotopic (exact) mass is 339 g/mol. The second kappa shape index (κ2) is 6.68. The molecule has 0 saturated heterocycles. The Kier molecular flexibility index (Phi) is 4.44. The Hall–Kier alpha value is -2.92. The van der Waals surface area contributed by atoms with Gasteiger partial charge in [0, 0.05) is 10.9 Å². The van der Waals surface area contributed by atoms with Crippen LogP contribution in [-0.2, 0) is 0 Å². The zero-order valence-corrected chi connectivity index (χ0v) is 13.6. The predicted octanol–water partition coefficient (Wildman–Crippen LogP) is 4.34. The van der Waals surface area contributed by atoms with Crippen LogP contribution in [0.25, 0.3) is 10.9 Å². The van der Waals surface area contributed by atoms with Crippen molar-refractivity contribution < 1.29 is 9.90 Å². The van der Waals surface area contributed by atoms with Crippen LogP contribution in [0.1, 0.15) is 21.5 Å². The average Bonchev–Trinajstić information content (AvgIpc) is 2.57. The molecule has 5 nitrogen and oxygen atoms in total. The Morgan fingerprint density at radius 2 is 2.00 bits per heavy atom. The van der Waals surface area contributed by atoms with E-state index in [0.717, 1.165) is 16.5 Å². The highest BCUT2D eigenvalue weighted by molar-refractivity contribution is 6.32. The minimum atomic E-state index is -0.964. The Balaban J connectivity index is 1.80. The normalized spacial score (nSPS) is 11.1. The predicted molar refractivity (Wildman–Crippen MR) is 96.1 cm³/mol. The summed E-state index contributed by atoms with van der Waals surface area (Å²) < 4.78 is 0. The van der Waals surface area contributed by atoms with Gasteiger partial charge in [0.2, 0.25) is 0 Å². The molecule has 0 radical (unpaired) electrons. The standard InChI is InChI=1S/C18H14ClN3O2/c1-11-3-2-4-13-9-14(17(19)21-16(11)13)10-20-22-15-7-5-12(6-8-15)18(23)24/h2-10,22H,1H3,(H,23,24)/b20-10+. The first-order chi connectivity index (χ1) is 11.5. The number of aromatic carboxylic acids is 1. The molecule has 1 aromatic heterocycles. The SMILES string of the molecule is Cc1cccc2cc(/C=N/Nc3ccc(C(=O)O)cc3)c(Cl)nc12. The number of pyridine rings is 1. The van der Waals surface area contributed by atoms with Gasteiger partial charge in [0.25, 0.3) is 0 Å². The molecule has 0 unspecified atom stereocenters. The van der Waals surface area contributed by atoms with Crippen LogP contribution in [0.5, 0.6) is 0 Å². The number of anilines is 1. The molecule has 3 rings (SSSR count). The molecule has 0 amide bonds. The summed E-state index contributed by atoms with van der Waals surface area (Å²) in [4.78, 5) is 15.2. The van der Waals surface area contributed by atoms with E-state index in [4.69, 9.17) is 16.7 Å². The highest BCUT2D eigenvalue weighted by atomic mass is 35.5. The zero-order chi connectivity index (χ0) is 17.1. The molecule has 0 saturated carbocycles. The number of aryl methyl sites for hydroxylation is 1. The van der Waals surface area contributed by atoms with E-state index in [1.165, 1.54) is 12.1 Å². The molecule has 0 fully saturated rings. The van der Waals surface area contributed by atoms with E-state index >= 15 is 0 Å². The van der Waals surface area contributed by atoms with Crippen molar-refractivity contribution in [2.24, 2.45) is 5.10 Å². The molecule has 1 heterocycles. The van der Waals surface area contributed by atoms with Gasteiger partial charge in [-0.15, -0.1) is 0 Å². The van der Waals surface area contributed by atoms with Gasteiger partial charge < -0.3 is 5.11 Å². The smallest absolute Gasteiger partial charge is 0.335 e. The number of carboxylic acid groups (broad SMARTS) is 1. The Labute approximate surface area is 143 Å². The summed E-state index contributed by atoms with van der Waals surface area (Å²) in [6, 6.07) is 14.2. The van der Waals surface area contributed by atoms with Crippen molar-refractivity contribution in [1.29, 1.82) is 0 Å². The second-order valence-electron chi connectivity index (χ2n) is 5.27. The van der Waals surface area contributed by atoms with E-state index in [2.05, 4.69) is 15.5 Å². The van der Waals surface area contributed by atoms with Gasteiger partial charge >= 0.3 is 5.97 Å². The molecule has 0 aliphatic carbocycles. The van der Waals surface area contributed by atoms with Gasteiger partial charge in [-0.2, -0.15) is 5.10 Å². The zero-order valence-electron chi connectivity index (χ0n) is 12.8. The molecule has 0 spiro atoms. The minimum absolute atomic E-state index is 0.224. The molecule has 3 aromatic rings. The summed E-state index contributed by atoms with van der Waals surface area (Å²) in [5.74, 6) is -0.964. The lowest BCUT2D eigenvalue weighted by molar-refractivity contribution is 0.0697. The average molecular weight is 340 g/mol. The fourth-order valence-corrected chi connectivity index (χ4v) is 2.48. The van der Waals surface area contributed by atoms with E-state index in [0.29, 0.717) is 16.4 Å². The Morgan fingerprint density at radius 3 is 2.71 bits per heavy atom. The van der Waals surface area contributed by atoms with Gasteiger partial charge in [0.05, 0.1) is 23.0 Å². The number of aromatic nitrogens is 1. The topological polar surface area (TPSA) is 74.6 Å². The number of carbonyl (C=O) groups is 1. The molecular formula is C18H14ClN3O2. The van der Waals surface area contributed by atoms with Crippen LogP contribution < -0.4 is 5.43 Å². The minimum Gasteiger partial charge on any atom is -0.478 e. The number of halogens is 1. The summed E-state index contributed by atoms with van der Waals surface area (Å²) >= 11 is 6.22. The fraction of sp³-hybridized carbons (Fsp3) is 0.0556. The van der Waals surface area contributed by atoms with Crippen LogP contribution in [0.4, 0.5) is 5.69 Å². The lowest BCUT2D eigenvalue weighted by Crippen LogP contribution is -1.97. The number of rotatable bonds is 4. The molecule has 2 aromatic carbocycles. The number of hydrogen-bond donors (Lipinski definition) is 2. The Morgan fingerprint density at radius 1 is 1.25 bits per heavy atom. The van der Waals surface area contributed by atoms with Crippen LogP contribution in [0, 0.1) is 6.92 Å². The summed E-state index contributed by atoms with van der Waals surface area (Å²) in [7, 11) is 0. The number of para-hydroxylation sites is 1. The highest BCUT2D eigenvalue weighted by Crippen LogP contribution is 2.22. The molecule has 24 heavy (non-hydrogen) atoms. The first-order valence-corrected chi connectivity index (χ1v) is 7.61. The molecule has 6 heteroatoms. The van der Waals surface area contributed by atoms with Gasteiger partial charge in [-0.1, -0.05) is 29.8 Å². The lowest BCUT2D eigenvalue weighted by Gasteiger charge is -2.05. The maximum absolute atomic E-state index is 10.8. The molecule has 2 N–H and O–H groups in total. The quantitative estimate of drug-likeness (QED) is 0.421. The number of carboxylic acids is 1. The van der Waals surface area contributed by atoms with Crippen molar-refractivity contribution in [3.63, 3.8) is 0 Å². The molecular weight excluding hydrogens is 326 g/mol. The van der Waals surface area contributed by atoms with E-state index in [9.17, 15) is 4.79 Å². The molecule has 0 bridgehead atoms. The second-order valence-corrected chi connectivity index (χ2v) is 5.63. The molecule has 0 aliphatic heterocycles. The lowest BCUT2D eigenvalue weighted by atomic mass is 10.1. The van der Waals surface area contributed by atoms with Crippen molar-refractivity contribution in [1.82, 2.24) is 4.98 Å². The summed E-state index contributed by atoms with van der Waals surface area (Å²) in [5, 5.41) is 14.4. The van der Waals surface area contributed by atoms with E-state index in [1.807, 2.05) is 31.2 Å². The van der Waals surface area contributed by atoms with E-state index < -0.39 is 5.97 Å². The largest absolute Gasteiger partial charge is 0.478 e. The van der Waals surface area contributed by atoms with Crippen molar-refractivity contribution in [2.75, 3.05) is 5.43 Å². The van der Waals surface area contributed by atoms with Crippen molar-refractivity contribution in [3.05, 3.63) is 70.4 Å². The number of nitrogens with one attached hydrogen (secondary N) is 1. The third-order valence-corrected chi connectivity index (χ3v) is 3.86. The molecule has 0 aliphatic rings. The first kappa shape index (κ1) is 16.0. The van der Waals surface area contributed by atoms with Gasteiger partial charge in [-0.3, -0.25) is 5.43 Å². The maximum Gasteiger partial charge on any atom is 0.335 e. The van der Waals surface area contributed by atoms with E-state index in [1.54, 1.807) is 18.3 Å². The van der Waals surface area contributed by atoms with Crippen molar-refractivity contribution in [2.45, 2.75) is 6.92 Å². The summed E-state index contributed by atoms with van der Waals surface area (Å²) in [5.41, 5.74) is 6.37. The fourth-order valence-electron chi connectivity index (χ4n) is 2.29. The highest BCUT2D eigenvalue weighted by Gasteiger charge is 2.05. The first-order valence-electron chi connectivity index (χ1n) is 7.23. The maximum atomic E-state index is 10.8. The number of hydrazone groups is 1.